The molecule has 68 heavy (non-hydrogen) atoms. The van der Waals surface area contributed by atoms with Crippen molar-refractivity contribution in [2.24, 2.45) is 23.7 Å². The van der Waals surface area contributed by atoms with E-state index in [2.05, 4.69) is 40.6 Å². The number of hydrogen-bond acceptors (Lipinski definition) is 14. The molecule has 21 heteroatoms. The average molecular weight is 937 g/mol. The first-order chi connectivity index (χ1) is 33.0. The summed E-state index contributed by atoms with van der Waals surface area (Å²) in [6.07, 6.45) is 10.2. The number of rotatable bonds is 8. The van der Waals surface area contributed by atoms with Crippen LogP contribution in [-0.4, -0.2) is 101 Å². The number of anilines is 8. The first-order valence-electron chi connectivity index (χ1n) is 23.7. The molecule has 4 aliphatic heterocycles. The predicted octanol–water partition coefficient (Wildman–Crippen LogP) is 7.58. The molecule has 6 aliphatic rings. The van der Waals surface area contributed by atoms with E-state index in [1.165, 1.54) is 24.5 Å². The number of halogens is 5. The molecule has 356 valence electrons. The fourth-order valence-electron chi connectivity index (χ4n) is 11.2. The SMILES string of the molecule is Cc1cc(N2C[C@H]3CC[C@@H](C2)[C@H]3Nc2nc3n(n2)CCCCN3c2ccc(F)c(F)c2)ncn1.Cc1ncnc(N2C[C@H]3CC[C@@H](C2)[C@H]3Nc2nc3n(n2)CCCN3c2ccc(F)c(F)c2)c1F. The quantitative estimate of drug-likeness (QED) is 0.145. The summed E-state index contributed by atoms with van der Waals surface area (Å²) in [6, 6.07) is 10.4. The third-order valence-corrected chi connectivity index (χ3v) is 14.6. The number of benzene rings is 2. The third kappa shape index (κ3) is 8.48. The molecule has 6 atom stereocenters. The molecule has 2 N–H and O–H groups in total. The molecule has 2 aromatic carbocycles. The van der Waals surface area contributed by atoms with Crippen LogP contribution in [0.15, 0.2) is 55.1 Å². The highest BCUT2D eigenvalue weighted by molar-refractivity contribution is 5.60. The molecule has 8 heterocycles. The molecule has 4 aromatic heterocycles. The summed E-state index contributed by atoms with van der Waals surface area (Å²) in [4.78, 5) is 34.6. The number of hydrogen-bond donors (Lipinski definition) is 2. The Morgan fingerprint density at radius 2 is 1.03 bits per heavy atom. The van der Waals surface area contributed by atoms with Gasteiger partial charge in [-0.25, -0.2) is 51.3 Å². The molecular formula is C47H53F5N16. The van der Waals surface area contributed by atoms with E-state index in [1.54, 1.807) is 25.4 Å². The normalized spacial score (nSPS) is 24.0. The number of nitrogens with zero attached hydrogens (tertiary/aromatic N) is 14. The highest BCUT2D eigenvalue weighted by Gasteiger charge is 2.45. The average Bonchev–Trinajstić information content (AvgIpc) is 4.01. The van der Waals surface area contributed by atoms with E-state index in [4.69, 9.17) is 15.1 Å². The van der Waals surface area contributed by atoms with Crippen LogP contribution in [0.4, 0.5) is 68.8 Å². The zero-order chi connectivity index (χ0) is 46.6. The molecule has 0 radical (unpaired) electrons. The van der Waals surface area contributed by atoms with Gasteiger partial charge >= 0.3 is 0 Å². The second-order valence-electron chi connectivity index (χ2n) is 18.9. The first-order valence-corrected chi connectivity index (χ1v) is 23.7. The van der Waals surface area contributed by atoms with E-state index in [-0.39, 0.29) is 11.9 Å². The smallest absolute Gasteiger partial charge is 0.244 e. The minimum Gasteiger partial charge on any atom is -0.356 e. The van der Waals surface area contributed by atoms with Gasteiger partial charge < -0.3 is 30.2 Å². The Morgan fingerprint density at radius 1 is 0.529 bits per heavy atom. The van der Waals surface area contributed by atoms with Gasteiger partial charge in [0.05, 0.1) is 5.69 Å². The minimum atomic E-state index is -0.883. The highest BCUT2D eigenvalue weighted by atomic mass is 19.2. The minimum absolute atomic E-state index is 0.184. The molecule has 12 rings (SSSR count). The fourth-order valence-corrected chi connectivity index (χ4v) is 11.2. The van der Waals surface area contributed by atoms with Gasteiger partial charge in [0.2, 0.25) is 23.8 Å². The van der Waals surface area contributed by atoms with Gasteiger partial charge in [0, 0.05) is 99.7 Å². The van der Waals surface area contributed by atoms with Crippen molar-refractivity contribution < 1.29 is 22.0 Å². The maximum atomic E-state index is 14.6. The lowest BCUT2D eigenvalue weighted by molar-refractivity contribution is 0.371. The van der Waals surface area contributed by atoms with Crippen LogP contribution >= 0.6 is 0 Å². The van der Waals surface area contributed by atoms with E-state index >= 15 is 0 Å². The number of aryl methyl sites for hydroxylation is 4. The van der Waals surface area contributed by atoms with Gasteiger partial charge in [-0.15, -0.1) is 10.2 Å². The Labute approximate surface area is 390 Å². The van der Waals surface area contributed by atoms with Crippen LogP contribution in [-0.2, 0) is 13.1 Å². The van der Waals surface area contributed by atoms with Crippen LogP contribution in [0.1, 0.15) is 56.3 Å². The van der Waals surface area contributed by atoms with Crippen molar-refractivity contribution in [1.29, 1.82) is 0 Å². The zero-order valence-electron chi connectivity index (χ0n) is 37.9. The Morgan fingerprint density at radius 3 is 1.57 bits per heavy atom. The van der Waals surface area contributed by atoms with E-state index in [0.29, 0.717) is 109 Å². The lowest BCUT2D eigenvalue weighted by atomic mass is 9.92. The number of aromatic nitrogens is 10. The van der Waals surface area contributed by atoms with Gasteiger partial charge in [0.1, 0.15) is 18.5 Å². The molecule has 4 fully saturated rings. The van der Waals surface area contributed by atoms with Crippen molar-refractivity contribution in [3.8, 4) is 0 Å². The Kier molecular flexibility index (Phi) is 11.7. The molecule has 0 unspecified atom stereocenters. The maximum absolute atomic E-state index is 14.6. The predicted molar refractivity (Wildman–Crippen MR) is 246 cm³/mol. The first kappa shape index (κ1) is 43.9. The van der Waals surface area contributed by atoms with E-state index in [1.807, 2.05) is 37.1 Å². The molecule has 2 saturated heterocycles. The summed E-state index contributed by atoms with van der Waals surface area (Å²) in [5.41, 5.74) is 2.48. The Balaban J connectivity index is 0.000000149. The second kappa shape index (κ2) is 18.1. The summed E-state index contributed by atoms with van der Waals surface area (Å²) in [7, 11) is 0. The second-order valence-corrected chi connectivity index (χ2v) is 18.9. The Hall–Kier alpha value is -6.67. The van der Waals surface area contributed by atoms with Gasteiger partial charge in [-0.05, 0) is 107 Å². The van der Waals surface area contributed by atoms with Gasteiger partial charge in [0.25, 0.3) is 0 Å². The third-order valence-electron chi connectivity index (χ3n) is 14.6. The van der Waals surface area contributed by atoms with E-state index in [0.717, 1.165) is 82.2 Å². The van der Waals surface area contributed by atoms with Crippen molar-refractivity contribution in [2.45, 2.75) is 84.0 Å². The van der Waals surface area contributed by atoms with E-state index in [9.17, 15) is 22.0 Å². The van der Waals surface area contributed by atoms with Crippen LogP contribution in [0.5, 0.6) is 0 Å². The summed E-state index contributed by atoms with van der Waals surface area (Å²) in [6.45, 7) is 9.74. The highest BCUT2D eigenvalue weighted by Crippen LogP contribution is 2.42. The van der Waals surface area contributed by atoms with E-state index < -0.39 is 23.3 Å². The van der Waals surface area contributed by atoms with Crippen LogP contribution in [0, 0.1) is 66.6 Å². The topological polar surface area (TPSA) is 150 Å². The molecule has 0 amide bonds. The van der Waals surface area contributed by atoms with Crippen molar-refractivity contribution >= 4 is 46.8 Å². The molecule has 0 spiro atoms. The molecule has 16 nitrogen and oxygen atoms in total. The van der Waals surface area contributed by atoms with Crippen LogP contribution in [0.25, 0.3) is 0 Å². The summed E-state index contributed by atoms with van der Waals surface area (Å²) >= 11 is 0. The van der Waals surface area contributed by atoms with Crippen molar-refractivity contribution in [3.05, 3.63) is 95.6 Å². The van der Waals surface area contributed by atoms with Crippen LogP contribution < -0.4 is 30.2 Å². The standard InChI is InChI=1S/C24H28F2N8.C23H25F3N8/c1-15-10-21(28-14-27-15)32-12-16-4-5-17(13-32)22(16)29-23-30-24-33(8-2-3-9-34(24)31-23)18-6-7-19(25)20(26)11-18;1-13-19(26)21(28-12-27-13)32-10-14-3-4-15(11-32)20(14)29-22-30-23-33(7-2-8-34(23)31-22)16-5-6-17(24)18(25)9-16/h6-7,10-11,14,16-17,22H,2-5,8-9,12-13H2,1H3,(H,29,31);5-6,9,12,14-15,20H,2-4,7-8,10-11H2,1H3,(H,29,31)/t16-,17+,22+;14-,15+,20+. The lowest BCUT2D eigenvalue weighted by Gasteiger charge is -2.38. The van der Waals surface area contributed by atoms with Gasteiger partial charge in [-0.2, -0.15) is 9.97 Å². The molecule has 2 saturated carbocycles. The number of fused-ring (bicyclic) bond motifs is 6. The Bertz CT molecular complexity index is 2780. The zero-order valence-corrected chi connectivity index (χ0v) is 37.9. The molecule has 4 bridgehead atoms. The van der Waals surface area contributed by atoms with Crippen LogP contribution in [0.2, 0.25) is 0 Å². The summed E-state index contributed by atoms with van der Waals surface area (Å²) < 4.78 is 73.0. The molecule has 2 aliphatic carbocycles. The monoisotopic (exact) mass is 936 g/mol. The van der Waals surface area contributed by atoms with Crippen LogP contribution in [0.3, 0.4) is 0 Å². The summed E-state index contributed by atoms with van der Waals surface area (Å²) in [5.74, 6) is 1.60. The largest absolute Gasteiger partial charge is 0.356 e. The van der Waals surface area contributed by atoms with Gasteiger partial charge in [-0.3, -0.25) is 0 Å². The maximum Gasteiger partial charge on any atom is 0.244 e. The van der Waals surface area contributed by atoms with Gasteiger partial charge in [0.15, 0.2) is 34.9 Å². The fraction of sp³-hybridized carbons (Fsp3) is 0.489. The lowest BCUT2D eigenvalue weighted by Crippen LogP contribution is -2.48. The van der Waals surface area contributed by atoms with Crippen molar-refractivity contribution in [2.75, 3.05) is 69.5 Å². The molecular weight excluding hydrogens is 884 g/mol. The van der Waals surface area contributed by atoms with Crippen molar-refractivity contribution in [1.82, 2.24) is 49.5 Å². The molecule has 6 aromatic rings. The summed E-state index contributed by atoms with van der Waals surface area (Å²) in [5, 5.41) is 16.6. The number of piperidine rings is 2. The van der Waals surface area contributed by atoms with Crippen molar-refractivity contribution in [3.63, 3.8) is 0 Å². The number of nitrogens with one attached hydrogen (secondary N) is 2. The van der Waals surface area contributed by atoms with Gasteiger partial charge in [-0.1, -0.05) is 0 Å².